The summed E-state index contributed by atoms with van der Waals surface area (Å²) in [6.45, 7) is 4.27. The van der Waals surface area contributed by atoms with E-state index in [2.05, 4.69) is 9.97 Å². The van der Waals surface area contributed by atoms with Gasteiger partial charge in [-0.05, 0) is 32.3 Å². The lowest BCUT2D eigenvalue weighted by Crippen LogP contribution is -2.41. The topological polar surface area (TPSA) is 66.4 Å². The van der Waals surface area contributed by atoms with Crippen LogP contribution in [0.3, 0.4) is 0 Å². The van der Waals surface area contributed by atoms with Gasteiger partial charge in [0, 0.05) is 43.9 Å². The Balaban J connectivity index is 1.58. The largest absolute Gasteiger partial charge is 0.340 e. The van der Waals surface area contributed by atoms with Crippen LogP contribution in [0.4, 0.5) is 0 Å². The highest BCUT2D eigenvalue weighted by molar-refractivity contribution is 5.85. The molecular weight excluding hydrogens is 292 g/mol. The molecule has 0 saturated carbocycles. The van der Waals surface area contributed by atoms with Gasteiger partial charge in [-0.3, -0.25) is 9.59 Å². The number of amides is 2. The highest BCUT2D eigenvalue weighted by atomic mass is 16.2. The fourth-order valence-corrected chi connectivity index (χ4v) is 3.33. The molecule has 2 saturated heterocycles. The van der Waals surface area contributed by atoms with Crippen LogP contribution in [0.15, 0.2) is 12.3 Å². The first-order valence-electron chi connectivity index (χ1n) is 8.48. The quantitative estimate of drug-likeness (QED) is 0.847. The van der Waals surface area contributed by atoms with Crippen molar-refractivity contribution in [3.63, 3.8) is 0 Å². The molecule has 1 atom stereocenters. The van der Waals surface area contributed by atoms with Crippen molar-refractivity contribution >= 4 is 11.8 Å². The van der Waals surface area contributed by atoms with E-state index >= 15 is 0 Å². The Labute approximate surface area is 136 Å². The molecule has 0 N–H and O–H groups in total. The number of aryl methyl sites for hydroxylation is 1. The molecule has 1 aromatic heterocycles. The molecule has 6 nitrogen and oxygen atoms in total. The van der Waals surface area contributed by atoms with Gasteiger partial charge in [-0.1, -0.05) is 6.42 Å². The van der Waals surface area contributed by atoms with Crippen molar-refractivity contribution in [2.24, 2.45) is 0 Å². The Bertz CT molecular complexity index is 590. The van der Waals surface area contributed by atoms with E-state index in [0.29, 0.717) is 19.5 Å². The summed E-state index contributed by atoms with van der Waals surface area (Å²) in [7, 11) is 0. The lowest BCUT2D eigenvalue weighted by molar-refractivity contribution is -0.139. The molecule has 3 heterocycles. The van der Waals surface area contributed by atoms with Crippen molar-refractivity contribution < 1.29 is 9.59 Å². The summed E-state index contributed by atoms with van der Waals surface area (Å²) >= 11 is 0. The molecule has 0 spiro atoms. The average Bonchev–Trinajstić information content (AvgIpc) is 2.95. The summed E-state index contributed by atoms with van der Waals surface area (Å²) in [5, 5.41) is 0. The second-order valence-corrected chi connectivity index (χ2v) is 6.51. The molecule has 0 aromatic carbocycles. The van der Waals surface area contributed by atoms with E-state index in [1.54, 1.807) is 11.1 Å². The maximum atomic E-state index is 12.5. The summed E-state index contributed by atoms with van der Waals surface area (Å²) in [5.41, 5.74) is 0.954. The summed E-state index contributed by atoms with van der Waals surface area (Å²) in [6.07, 6.45) is 6.26. The van der Waals surface area contributed by atoms with Crippen molar-refractivity contribution in [3.8, 4) is 0 Å². The van der Waals surface area contributed by atoms with E-state index in [-0.39, 0.29) is 24.3 Å². The predicted octanol–water partition coefficient (Wildman–Crippen LogP) is 1.50. The molecule has 2 amide bonds. The molecule has 0 bridgehead atoms. The van der Waals surface area contributed by atoms with Crippen LogP contribution in [0.2, 0.25) is 0 Å². The van der Waals surface area contributed by atoms with Crippen molar-refractivity contribution in [1.82, 2.24) is 19.8 Å². The van der Waals surface area contributed by atoms with Gasteiger partial charge >= 0.3 is 0 Å². The summed E-state index contributed by atoms with van der Waals surface area (Å²) in [5.74, 6) is 1.20. The third-order valence-electron chi connectivity index (χ3n) is 4.72. The molecule has 23 heavy (non-hydrogen) atoms. The van der Waals surface area contributed by atoms with E-state index in [4.69, 9.17) is 0 Å². The molecule has 0 aliphatic carbocycles. The second-order valence-electron chi connectivity index (χ2n) is 6.51. The maximum absolute atomic E-state index is 12.5. The van der Waals surface area contributed by atoms with E-state index in [9.17, 15) is 9.59 Å². The van der Waals surface area contributed by atoms with Crippen LogP contribution in [-0.2, 0) is 9.59 Å². The molecule has 3 rings (SSSR count). The maximum Gasteiger partial charge on any atom is 0.242 e. The Morgan fingerprint density at radius 1 is 1.30 bits per heavy atom. The van der Waals surface area contributed by atoms with Gasteiger partial charge in [-0.2, -0.15) is 0 Å². The molecule has 2 fully saturated rings. The fraction of sp³-hybridized carbons (Fsp3) is 0.647. The van der Waals surface area contributed by atoms with Crippen molar-refractivity contribution in [3.05, 3.63) is 23.8 Å². The van der Waals surface area contributed by atoms with E-state index in [0.717, 1.165) is 43.7 Å². The third-order valence-corrected chi connectivity index (χ3v) is 4.72. The van der Waals surface area contributed by atoms with E-state index in [1.807, 2.05) is 17.9 Å². The summed E-state index contributed by atoms with van der Waals surface area (Å²) < 4.78 is 0. The Morgan fingerprint density at radius 3 is 3.00 bits per heavy atom. The van der Waals surface area contributed by atoms with Crippen molar-refractivity contribution in [2.75, 3.05) is 26.2 Å². The van der Waals surface area contributed by atoms with Gasteiger partial charge in [0.05, 0.1) is 6.54 Å². The zero-order valence-electron chi connectivity index (χ0n) is 13.7. The number of hydrogen-bond acceptors (Lipinski definition) is 4. The van der Waals surface area contributed by atoms with Crippen LogP contribution in [0.25, 0.3) is 0 Å². The Hall–Kier alpha value is -1.98. The summed E-state index contributed by atoms with van der Waals surface area (Å²) in [4.78, 5) is 36.9. The molecule has 0 radical (unpaired) electrons. The second kappa shape index (κ2) is 7.06. The number of aromatic nitrogens is 2. The molecule has 6 heteroatoms. The summed E-state index contributed by atoms with van der Waals surface area (Å²) in [6, 6.07) is 1.88. The normalized spacial score (nSPS) is 22.3. The zero-order chi connectivity index (χ0) is 16.2. The number of likely N-dealkylation sites (tertiary alicyclic amines) is 2. The predicted molar refractivity (Wildman–Crippen MR) is 85.8 cm³/mol. The highest BCUT2D eigenvalue weighted by Crippen LogP contribution is 2.25. The Morgan fingerprint density at radius 2 is 2.17 bits per heavy atom. The minimum Gasteiger partial charge on any atom is -0.340 e. The van der Waals surface area contributed by atoms with Gasteiger partial charge in [0.15, 0.2) is 0 Å². The highest BCUT2D eigenvalue weighted by Gasteiger charge is 2.30. The zero-order valence-corrected chi connectivity index (χ0v) is 13.7. The van der Waals surface area contributed by atoms with Crippen LogP contribution in [0.1, 0.15) is 49.5 Å². The van der Waals surface area contributed by atoms with E-state index < -0.39 is 0 Å². The Kier molecular flexibility index (Phi) is 4.88. The van der Waals surface area contributed by atoms with E-state index in [1.165, 1.54) is 0 Å². The van der Waals surface area contributed by atoms with Gasteiger partial charge in [-0.25, -0.2) is 9.97 Å². The van der Waals surface area contributed by atoms with Gasteiger partial charge in [0.1, 0.15) is 5.82 Å². The van der Waals surface area contributed by atoms with Crippen LogP contribution >= 0.6 is 0 Å². The average molecular weight is 316 g/mol. The van der Waals surface area contributed by atoms with Crippen LogP contribution < -0.4 is 0 Å². The number of hydrogen-bond donors (Lipinski definition) is 0. The SMILES string of the molecule is Cc1ccnc(C2CCN(C(=O)CN3CCCCCC3=O)C2)n1. The monoisotopic (exact) mass is 316 g/mol. The fourth-order valence-electron chi connectivity index (χ4n) is 3.33. The van der Waals surface area contributed by atoms with Gasteiger partial charge in [-0.15, -0.1) is 0 Å². The van der Waals surface area contributed by atoms with Crippen LogP contribution in [0, 0.1) is 6.92 Å². The lowest BCUT2D eigenvalue weighted by Gasteiger charge is -2.23. The minimum absolute atomic E-state index is 0.0513. The lowest BCUT2D eigenvalue weighted by atomic mass is 10.1. The number of rotatable bonds is 3. The van der Waals surface area contributed by atoms with Gasteiger partial charge in [0.2, 0.25) is 11.8 Å². The molecule has 2 aliphatic rings. The van der Waals surface area contributed by atoms with Gasteiger partial charge < -0.3 is 9.80 Å². The standard InChI is InChI=1S/C17H24N4O2/c1-13-6-8-18-17(19-13)14-7-10-21(11-14)16(23)12-20-9-4-2-3-5-15(20)22/h6,8,14H,2-5,7,9-12H2,1H3. The number of carbonyl (C=O) groups excluding carboxylic acids is 2. The molecular formula is C17H24N4O2. The van der Waals surface area contributed by atoms with Crippen LogP contribution in [-0.4, -0.2) is 57.8 Å². The van der Waals surface area contributed by atoms with Crippen molar-refractivity contribution in [2.45, 2.75) is 44.9 Å². The third kappa shape index (κ3) is 3.86. The minimum atomic E-state index is 0.0513. The molecule has 1 aromatic rings. The molecule has 1 unspecified atom stereocenters. The first-order valence-corrected chi connectivity index (χ1v) is 8.48. The molecule has 124 valence electrons. The first kappa shape index (κ1) is 15.9. The van der Waals surface area contributed by atoms with Gasteiger partial charge in [0.25, 0.3) is 0 Å². The number of nitrogens with zero attached hydrogens (tertiary/aromatic N) is 4. The first-order chi connectivity index (χ1) is 11.1. The van der Waals surface area contributed by atoms with Crippen LogP contribution in [0.5, 0.6) is 0 Å². The smallest absolute Gasteiger partial charge is 0.242 e. The van der Waals surface area contributed by atoms with Crippen molar-refractivity contribution in [1.29, 1.82) is 0 Å². The molecule has 2 aliphatic heterocycles. The number of carbonyl (C=O) groups is 2.